The first-order valence-corrected chi connectivity index (χ1v) is 7.33. The van der Waals surface area contributed by atoms with Crippen molar-refractivity contribution < 1.29 is 9.90 Å². The maximum Gasteiger partial charge on any atom is 0.244 e. The Morgan fingerprint density at radius 3 is 3.05 bits per heavy atom. The quantitative estimate of drug-likeness (QED) is 0.837. The summed E-state index contributed by atoms with van der Waals surface area (Å²) in [5, 5.41) is 12.2. The van der Waals surface area contributed by atoms with Crippen molar-refractivity contribution in [3.63, 3.8) is 0 Å². The van der Waals surface area contributed by atoms with Crippen molar-refractivity contribution in [2.45, 2.75) is 25.3 Å². The molecule has 0 aliphatic heterocycles. The molecule has 0 heterocycles. The Morgan fingerprint density at radius 2 is 2.32 bits per heavy atom. The van der Waals surface area contributed by atoms with Gasteiger partial charge in [0.05, 0.1) is 0 Å². The third kappa shape index (κ3) is 4.18. The molecule has 0 spiro atoms. The molecule has 0 saturated heterocycles. The number of halogens is 1. The second-order valence-electron chi connectivity index (χ2n) is 4.88. The van der Waals surface area contributed by atoms with E-state index in [1.165, 1.54) is 0 Å². The molecule has 1 aliphatic carbocycles. The second kappa shape index (κ2) is 6.87. The lowest BCUT2D eigenvalue weighted by molar-refractivity contribution is -0.117. The van der Waals surface area contributed by atoms with Crippen molar-refractivity contribution in [2.75, 3.05) is 6.61 Å². The number of rotatable bonds is 4. The number of benzene rings is 1. The van der Waals surface area contributed by atoms with Gasteiger partial charge in [-0.15, -0.1) is 0 Å². The van der Waals surface area contributed by atoms with Crippen LogP contribution in [-0.2, 0) is 4.79 Å². The van der Waals surface area contributed by atoms with E-state index in [9.17, 15) is 9.90 Å². The molecule has 4 heteroatoms. The van der Waals surface area contributed by atoms with Gasteiger partial charge in [-0.2, -0.15) is 0 Å². The van der Waals surface area contributed by atoms with E-state index in [1.54, 1.807) is 12.2 Å². The lowest BCUT2D eigenvalue weighted by Gasteiger charge is -2.17. The standard InChI is InChI=1S/C15H18BrNO2/c16-13-5-1-3-11(9-13)7-8-15(19)17-14-6-2-4-12(14)10-18/h1,3,5,7-9,12,14,18H,2,4,6,10H2,(H,17,19)/b8-7+. The summed E-state index contributed by atoms with van der Waals surface area (Å²) < 4.78 is 0.992. The smallest absolute Gasteiger partial charge is 0.244 e. The highest BCUT2D eigenvalue weighted by molar-refractivity contribution is 9.10. The molecule has 1 aromatic rings. The molecule has 1 fully saturated rings. The van der Waals surface area contributed by atoms with Gasteiger partial charge in [-0.05, 0) is 36.6 Å². The molecule has 0 bridgehead atoms. The van der Waals surface area contributed by atoms with Gasteiger partial charge in [0.25, 0.3) is 0 Å². The molecule has 3 nitrogen and oxygen atoms in total. The average molecular weight is 324 g/mol. The van der Waals surface area contributed by atoms with E-state index in [0.717, 1.165) is 29.3 Å². The minimum absolute atomic E-state index is 0.0923. The zero-order chi connectivity index (χ0) is 13.7. The van der Waals surface area contributed by atoms with Gasteiger partial charge in [0.1, 0.15) is 0 Å². The summed E-state index contributed by atoms with van der Waals surface area (Å²) >= 11 is 3.40. The Kier molecular flexibility index (Phi) is 5.16. The Balaban J connectivity index is 1.90. The molecule has 1 aliphatic rings. The third-order valence-electron chi connectivity index (χ3n) is 3.50. The topological polar surface area (TPSA) is 49.3 Å². The predicted molar refractivity (Wildman–Crippen MR) is 79.5 cm³/mol. The SMILES string of the molecule is O=C(/C=C/c1cccc(Br)c1)NC1CCCC1CO. The Morgan fingerprint density at radius 1 is 1.47 bits per heavy atom. The number of amides is 1. The summed E-state index contributed by atoms with van der Waals surface area (Å²) in [6.07, 6.45) is 6.38. The van der Waals surface area contributed by atoms with Crippen LogP contribution in [-0.4, -0.2) is 23.7 Å². The van der Waals surface area contributed by atoms with E-state index in [4.69, 9.17) is 0 Å². The predicted octanol–water partition coefficient (Wildman–Crippen LogP) is 2.74. The first-order valence-electron chi connectivity index (χ1n) is 6.54. The molecule has 2 unspecified atom stereocenters. The molecule has 2 atom stereocenters. The summed E-state index contributed by atoms with van der Waals surface area (Å²) in [5.41, 5.74) is 0.981. The van der Waals surface area contributed by atoms with Crippen LogP contribution >= 0.6 is 15.9 Å². The average Bonchev–Trinajstić information content (AvgIpc) is 2.84. The summed E-state index contributed by atoms with van der Waals surface area (Å²) in [6, 6.07) is 7.89. The van der Waals surface area contributed by atoms with E-state index in [1.807, 2.05) is 24.3 Å². The number of carbonyl (C=O) groups is 1. The molecule has 2 rings (SSSR count). The maximum absolute atomic E-state index is 11.8. The van der Waals surface area contributed by atoms with Gasteiger partial charge in [-0.25, -0.2) is 0 Å². The van der Waals surface area contributed by atoms with E-state index in [-0.39, 0.29) is 24.5 Å². The van der Waals surface area contributed by atoms with Gasteiger partial charge in [0.2, 0.25) is 5.91 Å². The Labute approximate surface area is 121 Å². The summed E-state index contributed by atoms with van der Waals surface area (Å²) in [4.78, 5) is 11.8. The van der Waals surface area contributed by atoms with Crippen LogP contribution in [0.3, 0.4) is 0 Å². The van der Waals surface area contributed by atoms with Crippen LogP contribution < -0.4 is 5.32 Å². The minimum atomic E-state index is -0.0923. The summed E-state index contributed by atoms with van der Waals surface area (Å²) in [5.74, 6) is 0.119. The lowest BCUT2D eigenvalue weighted by Crippen LogP contribution is -2.37. The Bertz CT molecular complexity index is 473. The van der Waals surface area contributed by atoms with Crippen molar-refractivity contribution in [3.05, 3.63) is 40.4 Å². The summed E-state index contributed by atoms with van der Waals surface area (Å²) in [7, 11) is 0. The normalized spacial score (nSPS) is 22.8. The fraction of sp³-hybridized carbons (Fsp3) is 0.400. The molecule has 102 valence electrons. The van der Waals surface area contributed by atoms with Crippen molar-refractivity contribution in [1.29, 1.82) is 0 Å². The van der Waals surface area contributed by atoms with E-state index in [0.29, 0.717) is 0 Å². The molecule has 1 amide bonds. The number of aliphatic hydroxyl groups is 1. The number of nitrogens with one attached hydrogen (secondary N) is 1. The van der Waals surface area contributed by atoms with Crippen molar-refractivity contribution in [3.8, 4) is 0 Å². The number of aliphatic hydroxyl groups excluding tert-OH is 1. The van der Waals surface area contributed by atoms with E-state index < -0.39 is 0 Å². The van der Waals surface area contributed by atoms with Crippen molar-refractivity contribution in [2.24, 2.45) is 5.92 Å². The second-order valence-corrected chi connectivity index (χ2v) is 5.79. The number of hydrogen-bond acceptors (Lipinski definition) is 2. The van der Waals surface area contributed by atoms with Crippen LogP contribution in [0.25, 0.3) is 6.08 Å². The van der Waals surface area contributed by atoms with Crippen LogP contribution in [0.1, 0.15) is 24.8 Å². The Hall–Kier alpha value is -1.13. The summed E-state index contributed by atoms with van der Waals surface area (Å²) in [6.45, 7) is 0.153. The third-order valence-corrected chi connectivity index (χ3v) is 3.99. The van der Waals surface area contributed by atoms with Gasteiger partial charge >= 0.3 is 0 Å². The largest absolute Gasteiger partial charge is 0.396 e. The fourth-order valence-corrected chi connectivity index (χ4v) is 2.88. The highest BCUT2D eigenvalue weighted by Gasteiger charge is 2.27. The first kappa shape index (κ1) is 14.3. The minimum Gasteiger partial charge on any atom is -0.396 e. The molecule has 1 aromatic carbocycles. The van der Waals surface area contributed by atoms with Crippen LogP contribution in [0.5, 0.6) is 0 Å². The number of carbonyl (C=O) groups excluding carboxylic acids is 1. The van der Waals surface area contributed by atoms with Crippen LogP contribution in [0.15, 0.2) is 34.8 Å². The van der Waals surface area contributed by atoms with Crippen LogP contribution in [0.2, 0.25) is 0 Å². The van der Waals surface area contributed by atoms with E-state index >= 15 is 0 Å². The molecule has 0 radical (unpaired) electrons. The van der Waals surface area contributed by atoms with Crippen molar-refractivity contribution in [1.82, 2.24) is 5.32 Å². The first-order chi connectivity index (χ1) is 9.19. The molecular weight excluding hydrogens is 306 g/mol. The highest BCUT2D eigenvalue weighted by Crippen LogP contribution is 2.24. The zero-order valence-corrected chi connectivity index (χ0v) is 12.3. The molecule has 2 N–H and O–H groups in total. The van der Waals surface area contributed by atoms with Gasteiger partial charge in [0.15, 0.2) is 0 Å². The lowest BCUT2D eigenvalue weighted by atomic mass is 10.1. The molecular formula is C15H18BrNO2. The van der Waals surface area contributed by atoms with Gasteiger partial charge < -0.3 is 10.4 Å². The zero-order valence-electron chi connectivity index (χ0n) is 10.7. The van der Waals surface area contributed by atoms with Gasteiger partial charge in [0, 0.05) is 29.1 Å². The maximum atomic E-state index is 11.8. The fourth-order valence-electron chi connectivity index (χ4n) is 2.46. The monoisotopic (exact) mass is 323 g/mol. The van der Waals surface area contributed by atoms with Crippen LogP contribution in [0.4, 0.5) is 0 Å². The van der Waals surface area contributed by atoms with Gasteiger partial charge in [-0.1, -0.05) is 34.5 Å². The highest BCUT2D eigenvalue weighted by atomic mass is 79.9. The molecule has 1 saturated carbocycles. The van der Waals surface area contributed by atoms with Gasteiger partial charge in [-0.3, -0.25) is 4.79 Å². The number of hydrogen-bond donors (Lipinski definition) is 2. The van der Waals surface area contributed by atoms with Crippen LogP contribution in [0, 0.1) is 5.92 Å². The molecule has 19 heavy (non-hydrogen) atoms. The van der Waals surface area contributed by atoms with Crippen molar-refractivity contribution >= 4 is 27.9 Å². The molecule has 0 aromatic heterocycles. The van der Waals surface area contributed by atoms with E-state index in [2.05, 4.69) is 21.2 Å².